The van der Waals surface area contributed by atoms with Crippen molar-refractivity contribution in [1.29, 1.82) is 0 Å². The van der Waals surface area contributed by atoms with Crippen molar-refractivity contribution in [2.45, 2.75) is 6.04 Å². The van der Waals surface area contributed by atoms with Gasteiger partial charge in [-0.05, 0) is 6.07 Å². The number of nitrogens with one attached hydrogen (secondary N) is 2. The first-order valence-electron chi connectivity index (χ1n) is 5.55. The van der Waals surface area contributed by atoms with Gasteiger partial charge < -0.3 is 10.4 Å². The van der Waals surface area contributed by atoms with Gasteiger partial charge in [-0.25, -0.2) is 9.89 Å². The van der Waals surface area contributed by atoms with E-state index in [4.69, 9.17) is 5.11 Å². The first-order chi connectivity index (χ1) is 9.47. The number of amides is 1. The van der Waals surface area contributed by atoms with Crippen molar-refractivity contribution in [3.8, 4) is 0 Å². The second-order valence-electron chi connectivity index (χ2n) is 4.00. The lowest BCUT2D eigenvalue weighted by molar-refractivity contribution is -0.139. The van der Waals surface area contributed by atoms with Gasteiger partial charge in [-0.1, -0.05) is 0 Å². The largest absolute Gasteiger partial charge is 0.479 e. The molecule has 0 aliphatic rings. The molecule has 1 unspecified atom stereocenters. The van der Waals surface area contributed by atoms with E-state index in [9.17, 15) is 14.4 Å². The summed E-state index contributed by atoms with van der Waals surface area (Å²) in [4.78, 5) is 33.9. The van der Waals surface area contributed by atoms with Crippen LogP contribution in [0, 0.1) is 0 Å². The standard InChI is InChI=1S/C11H11N5O4/c1-16-5-6(4-12-16)9(11(19)20)13-10(18)7-2-3-8(17)15-14-7/h2-5,9H,1H3,(H,13,18)(H,15,17)(H,19,20). The Morgan fingerprint density at radius 1 is 1.45 bits per heavy atom. The van der Waals surface area contributed by atoms with Crippen molar-refractivity contribution in [3.05, 3.63) is 46.1 Å². The molecule has 0 spiro atoms. The smallest absolute Gasteiger partial charge is 0.331 e. The minimum absolute atomic E-state index is 0.0836. The predicted octanol–water partition coefficient (Wildman–Crippen LogP) is -0.941. The van der Waals surface area contributed by atoms with Gasteiger partial charge in [0.2, 0.25) is 0 Å². The molecule has 0 radical (unpaired) electrons. The monoisotopic (exact) mass is 277 g/mol. The van der Waals surface area contributed by atoms with E-state index in [0.717, 1.165) is 6.07 Å². The predicted molar refractivity (Wildman–Crippen MR) is 65.9 cm³/mol. The zero-order valence-corrected chi connectivity index (χ0v) is 10.4. The molecule has 0 aliphatic heterocycles. The second kappa shape index (κ2) is 5.34. The topological polar surface area (TPSA) is 130 Å². The molecule has 0 aromatic carbocycles. The molecule has 2 aromatic rings. The van der Waals surface area contributed by atoms with Crippen molar-refractivity contribution < 1.29 is 14.7 Å². The third-order valence-electron chi connectivity index (χ3n) is 2.49. The molecule has 2 heterocycles. The molecule has 0 bridgehead atoms. The Bertz CT molecular complexity index is 684. The van der Waals surface area contributed by atoms with Crippen LogP contribution in [0.4, 0.5) is 0 Å². The normalized spacial score (nSPS) is 11.8. The lowest BCUT2D eigenvalue weighted by atomic mass is 10.1. The van der Waals surface area contributed by atoms with Crippen LogP contribution in [0.25, 0.3) is 0 Å². The van der Waals surface area contributed by atoms with E-state index in [2.05, 4.69) is 20.6 Å². The lowest BCUT2D eigenvalue weighted by Gasteiger charge is -2.12. The molecule has 20 heavy (non-hydrogen) atoms. The third kappa shape index (κ3) is 2.88. The van der Waals surface area contributed by atoms with Crippen LogP contribution in [0.15, 0.2) is 29.3 Å². The molecule has 0 fully saturated rings. The van der Waals surface area contributed by atoms with Gasteiger partial charge in [0.25, 0.3) is 11.5 Å². The van der Waals surface area contributed by atoms with Crippen LogP contribution >= 0.6 is 0 Å². The Labute approximate surface area is 112 Å². The maximum Gasteiger partial charge on any atom is 0.331 e. The number of hydrogen-bond donors (Lipinski definition) is 3. The fraction of sp³-hybridized carbons (Fsp3) is 0.182. The number of rotatable bonds is 4. The van der Waals surface area contributed by atoms with Gasteiger partial charge in [0.15, 0.2) is 6.04 Å². The van der Waals surface area contributed by atoms with E-state index in [1.54, 1.807) is 7.05 Å². The number of carbonyl (C=O) groups is 2. The van der Waals surface area contributed by atoms with E-state index in [0.29, 0.717) is 5.56 Å². The van der Waals surface area contributed by atoms with Crippen LogP contribution in [0.2, 0.25) is 0 Å². The number of aryl methyl sites for hydroxylation is 1. The quantitative estimate of drug-likeness (QED) is 0.661. The second-order valence-corrected chi connectivity index (χ2v) is 4.00. The summed E-state index contributed by atoms with van der Waals surface area (Å²) in [5.41, 5.74) is -0.207. The van der Waals surface area contributed by atoms with Gasteiger partial charge in [-0.15, -0.1) is 0 Å². The van der Waals surface area contributed by atoms with Crippen LogP contribution in [0.3, 0.4) is 0 Å². The number of aromatic nitrogens is 4. The SMILES string of the molecule is Cn1cc(C(NC(=O)c2ccc(=O)[nH]n2)C(=O)O)cn1. The van der Waals surface area contributed by atoms with E-state index >= 15 is 0 Å². The minimum atomic E-state index is -1.25. The Morgan fingerprint density at radius 2 is 2.20 bits per heavy atom. The number of carboxylic acid groups (broad SMARTS) is 1. The van der Waals surface area contributed by atoms with Crippen LogP contribution in [0.5, 0.6) is 0 Å². The fourth-order valence-corrected chi connectivity index (χ4v) is 1.55. The first-order valence-corrected chi connectivity index (χ1v) is 5.55. The molecular formula is C11H11N5O4. The molecule has 104 valence electrons. The average Bonchev–Trinajstić information content (AvgIpc) is 2.82. The first kappa shape index (κ1) is 13.5. The van der Waals surface area contributed by atoms with Crippen LogP contribution in [-0.4, -0.2) is 37.0 Å². The molecule has 1 amide bonds. The average molecular weight is 277 g/mol. The summed E-state index contributed by atoms with van der Waals surface area (Å²) in [5, 5.41) is 20.9. The summed E-state index contributed by atoms with van der Waals surface area (Å²) in [6.45, 7) is 0. The number of aliphatic carboxylic acids is 1. The Hall–Kier alpha value is -2.97. The maximum atomic E-state index is 11.9. The molecule has 0 saturated carbocycles. The molecular weight excluding hydrogens is 266 g/mol. The summed E-state index contributed by atoms with van der Waals surface area (Å²) in [5.74, 6) is -1.94. The molecule has 9 heteroatoms. The molecule has 1 atom stereocenters. The van der Waals surface area contributed by atoms with Gasteiger partial charge in [0, 0.05) is 24.9 Å². The molecule has 9 nitrogen and oxygen atoms in total. The van der Waals surface area contributed by atoms with Gasteiger partial charge in [0.05, 0.1) is 6.20 Å². The van der Waals surface area contributed by atoms with E-state index in [1.165, 1.54) is 23.1 Å². The van der Waals surface area contributed by atoms with Crippen molar-refractivity contribution in [2.75, 3.05) is 0 Å². The molecule has 0 saturated heterocycles. The van der Waals surface area contributed by atoms with Gasteiger partial charge in [-0.3, -0.25) is 14.3 Å². The van der Waals surface area contributed by atoms with Crippen molar-refractivity contribution in [2.24, 2.45) is 7.05 Å². The fourth-order valence-electron chi connectivity index (χ4n) is 1.55. The van der Waals surface area contributed by atoms with E-state index in [1.807, 2.05) is 0 Å². The Kier molecular flexibility index (Phi) is 3.60. The number of aromatic amines is 1. The van der Waals surface area contributed by atoms with Crippen molar-refractivity contribution in [3.63, 3.8) is 0 Å². The summed E-state index contributed by atoms with van der Waals surface area (Å²) in [7, 11) is 1.63. The number of H-pyrrole nitrogens is 1. The number of hydrogen-bond acceptors (Lipinski definition) is 5. The summed E-state index contributed by atoms with van der Waals surface area (Å²) in [6.07, 6.45) is 2.83. The van der Waals surface area contributed by atoms with E-state index in [-0.39, 0.29) is 5.69 Å². The summed E-state index contributed by atoms with van der Waals surface area (Å²) >= 11 is 0. The highest BCUT2D eigenvalue weighted by Gasteiger charge is 2.24. The zero-order valence-electron chi connectivity index (χ0n) is 10.4. The van der Waals surface area contributed by atoms with Crippen molar-refractivity contribution >= 4 is 11.9 Å². The summed E-state index contributed by atoms with van der Waals surface area (Å²) < 4.78 is 1.43. The van der Waals surface area contributed by atoms with Crippen LogP contribution in [0.1, 0.15) is 22.1 Å². The summed E-state index contributed by atoms with van der Waals surface area (Å²) in [6, 6.07) is 1.09. The van der Waals surface area contributed by atoms with E-state index < -0.39 is 23.5 Å². The third-order valence-corrected chi connectivity index (χ3v) is 2.49. The van der Waals surface area contributed by atoms with Gasteiger partial charge in [-0.2, -0.15) is 10.2 Å². The Balaban J connectivity index is 2.20. The molecule has 0 aliphatic carbocycles. The highest BCUT2D eigenvalue weighted by Crippen LogP contribution is 2.12. The minimum Gasteiger partial charge on any atom is -0.479 e. The van der Waals surface area contributed by atoms with Crippen LogP contribution < -0.4 is 10.9 Å². The molecule has 3 N–H and O–H groups in total. The lowest BCUT2D eigenvalue weighted by Crippen LogP contribution is -2.34. The number of carboxylic acids is 1. The van der Waals surface area contributed by atoms with Crippen LogP contribution in [-0.2, 0) is 11.8 Å². The van der Waals surface area contributed by atoms with Gasteiger partial charge >= 0.3 is 5.97 Å². The highest BCUT2D eigenvalue weighted by molar-refractivity contribution is 5.95. The molecule has 2 rings (SSSR count). The highest BCUT2D eigenvalue weighted by atomic mass is 16.4. The van der Waals surface area contributed by atoms with Crippen molar-refractivity contribution in [1.82, 2.24) is 25.3 Å². The molecule has 2 aromatic heterocycles. The van der Waals surface area contributed by atoms with Gasteiger partial charge in [0.1, 0.15) is 5.69 Å². The Morgan fingerprint density at radius 3 is 2.70 bits per heavy atom. The number of nitrogens with zero attached hydrogens (tertiary/aromatic N) is 3. The zero-order chi connectivity index (χ0) is 14.7. The number of carbonyl (C=O) groups excluding carboxylic acids is 1. The maximum absolute atomic E-state index is 11.9.